The van der Waals surface area contributed by atoms with Crippen LogP contribution in [-0.4, -0.2) is 25.1 Å². The van der Waals surface area contributed by atoms with Crippen molar-refractivity contribution in [3.8, 4) is 0 Å². The molecule has 0 bridgehead atoms. The van der Waals surface area contributed by atoms with Crippen molar-refractivity contribution in [2.45, 2.75) is 33.7 Å². The van der Waals surface area contributed by atoms with E-state index in [9.17, 15) is 0 Å². The fourth-order valence-corrected chi connectivity index (χ4v) is 0.916. The van der Waals surface area contributed by atoms with E-state index in [1.807, 2.05) is 0 Å². The first-order valence-electron chi connectivity index (χ1n) is 4.55. The van der Waals surface area contributed by atoms with Gasteiger partial charge in [0.2, 0.25) is 0 Å². The number of hydrogen-bond acceptors (Lipinski definition) is 3. The summed E-state index contributed by atoms with van der Waals surface area (Å²) in [6.45, 7) is 10.7. The van der Waals surface area contributed by atoms with Crippen LogP contribution in [-0.2, 0) is 0 Å². The summed E-state index contributed by atoms with van der Waals surface area (Å²) in [6, 6.07) is 0.446. The summed E-state index contributed by atoms with van der Waals surface area (Å²) in [6.07, 6.45) is 0. The van der Waals surface area contributed by atoms with Gasteiger partial charge in [-0.1, -0.05) is 20.8 Å². The molecule has 0 amide bonds. The molecule has 0 saturated carbocycles. The molecule has 0 saturated heterocycles. The van der Waals surface area contributed by atoms with E-state index >= 15 is 0 Å². The molecule has 3 heteroatoms. The van der Waals surface area contributed by atoms with Gasteiger partial charge >= 0.3 is 0 Å². The maximum atomic E-state index is 4.28. The van der Waals surface area contributed by atoms with Crippen LogP contribution in [0.2, 0.25) is 0 Å². The molecule has 1 rings (SSSR count). The molecule has 1 aliphatic heterocycles. The molecule has 1 heterocycles. The number of rotatable bonds is 1. The second-order valence-electron chi connectivity index (χ2n) is 4.39. The van der Waals surface area contributed by atoms with E-state index < -0.39 is 0 Å². The van der Waals surface area contributed by atoms with E-state index in [-0.39, 0.29) is 5.41 Å². The third-order valence-corrected chi connectivity index (χ3v) is 2.33. The molecule has 70 valence electrons. The van der Waals surface area contributed by atoms with Crippen LogP contribution in [0.3, 0.4) is 0 Å². The van der Waals surface area contributed by atoms with Gasteiger partial charge in [-0.3, -0.25) is 4.99 Å². The molecular weight excluding hydrogens is 150 g/mol. The molecule has 1 atom stereocenters. The second-order valence-corrected chi connectivity index (χ2v) is 4.39. The van der Waals surface area contributed by atoms with Gasteiger partial charge in [-0.05, 0) is 12.3 Å². The minimum atomic E-state index is 0.285. The summed E-state index contributed by atoms with van der Waals surface area (Å²) in [5.74, 6) is 0.956. The number of aliphatic imine (C=N–C) groups is 1. The topological polar surface area (TPSA) is 36.4 Å². The summed E-state index contributed by atoms with van der Waals surface area (Å²) in [5, 5.41) is 6.56. The van der Waals surface area contributed by atoms with Crippen molar-refractivity contribution in [2.75, 3.05) is 13.1 Å². The maximum Gasteiger partial charge on any atom is 0.191 e. The molecule has 1 aliphatic rings. The van der Waals surface area contributed by atoms with Crippen LogP contribution in [0.1, 0.15) is 27.7 Å². The van der Waals surface area contributed by atoms with E-state index in [2.05, 4.69) is 43.3 Å². The predicted octanol–water partition coefficient (Wildman–Crippen LogP) is 0.970. The second kappa shape index (κ2) is 3.33. The normalized spacial score (nSPS) is 19.8. The van der Waals surface area contributed by atoms with Crippen LogP contribution < -0.4 is 10.6 Å². The lowest BCUT2D eigenvalue weighted by Crippen LogP contribution is -2.45. The Balaban J connectivity index is 2.40. The number of nitrogens with one attached hydrogen (secondary N) is 2. The minimum absolute atomic E-state index is 0.285. The summed E-state index contributed by atoms with van der Waals surface area (Å²) >= 11 is 0. The third kappa shape index (κ3) is 2.40. The Hall–Kier alpha value is -0.730. The van der Waals surface area contributed by atoms with Gasteiger partial charge in [-0.25, -0.2) is 0 Å². The molecule has 0 aromatic rings. The molecule has 2 N–H and O–H groups in total. The molecule has 3 nitrogen and oxygen atoms in total. The Morgan fingerprint density at radius 2 is 2.17 bits per heavy atom. The van der Waals surface area contributed by atoms with Gasteiger partial charge in [0.15, 0.2) is 5.96 Å². The van der Waals surface area contributed by atoms with Gasteiger partial charge in [0.25, 0.3) is 0 Å². The maximum absolute atomic E-state index is 4.28. The highest BCUT2D eigenvalue weighted by atomic mass is 15.2. The molecule has 0 aromatic heterocycles. The average molecular weight is 169 g/mol. The summed E-state index contributed by atoms with van der Waals surface area (Å²) in [5.41, 5.74) is 0.285. The Labute approximate surface area is 74.6 Å². The summed E-state index contributed by atoms with van der Waals surface area (Å²) in [4.78, 5) is 4.28. The lowest BCUT2D eigenvalue weighted by Gasteiger charge is -2.28. The highest BCUT2D eigenvalue weighted by Crippen LogP contribution is 2.18. The van der Waals surface area contributed by atoms with Crippen LogP contribution >= 0.6 is 0 Å². The van der Waals surface area contributed by atoms with Crippen LogP contribution in [0.4, 0.5) is 0 Å². The molecule has 0 radical (unpaired) electrons. The standard InChI is InChI=1S/C9H19N3/c1-7(9(2,3)4)12-8-10-5-6-11-8/h7H,5-6H2,1-4H3,(H2,10,11,12). The summed E-state index contributed by atoms with van der Waals surface area (Å²) < 4.78 is 0. The van der Waals surface area contributed by atoms with Crippen LogP contribution in [0, 0.1) is 5.41 Å². The molecule has 0 aromatic carbocycles. The van der Waals surface area contributed by atoms with Gasteiger partial charge in [-0.2, -0.15) is 0 Å². The molecular formula is C9H19N3. The van der Waals surface area contributed by atoms with Crippen molar-refractivity contribution >= 4 is 5.96 Å². The van der Waals surface area contributed by atoms with Gasteiger partial charge in [0.05, 0.1) is 6.54 Å². The zero-order valence-corrected chi connectivity index (χ0v) is 8.44. The van der Waals surface area contributed by atoms with Gasteiger partial charge in [-0.15, -0.1) is 0 Å². The van der Waals surface area contributed by atoms with Crippen molar-refractivity contribution in [2.24, 2.45) is 10.4 Å². The lowest BCUT2D eigenvalue weighted by atomic mass is 9.88. The van der Waals surface area contributed by atoms with E-state index in [1.54, 1.807) is 0 Å². The number of guanidine groups is 1. The first kappa shape index (κ1) is 9.36. The van der Waals surface area contributed by atoms with Crippen LogP contribution in [0.5, 0.6) is 0 Å². The van der Waals surface area contributed by atoms with Crippen molar-refractivity contribution in [1.82, 2.24) is 10.6 Å². The number of nitrogens with zero attached hydrogens (tertiary/aromatic N) is 1. The quantitative estimate of drug-likeness (QED) is 0.613. The SMILES string of the molecule is CC(NC1=NCCN1)C(C)(C)C. The van der Waals surface area contributed by atoms with Crippen LogP contribution in [0.25, 0.3) is 0 Å². The first-order valence-corrected chi connectivity index (χ1v) is 4.55. The van der Waals surface area contributed by atoms with E-state index in [1.165, 1.54) is 0 Å². The van der Waals surface area contributed by atoms with Crippen LogP contribution in [0.15, 0.2) is 4.99 Å². The van der Waals surface area contributed by atoms with Crippen molar-refractivity contribution in [3.05, 3.63) is 0 Å². The van der Waals surface area contributed by atoms with Crippen molar-refractivity contribution < 1.29 is 0 Å². The Morgan fingerprint density at radius 3 is 2.58 bits per heavy atom. The fraction of sp³-hybridized carbons (Fsp3) is 0.889. The highest BCUT2D eigenvalue weighted by Gasteiger charge is 2.21. The van der Waals surface area contributed by atoms with Crippen molar-refractivity contribution in [1.29, 1.82) is 0 Å². The van der Waals surface area contributed by atoms with E-state index in [0.717, 1.165) is 19.0 Å². The van der Waals surface area contributed by atoms with E-state index in [0.29, 0.717) is 6.04 Å². The molecule has 12 heavy (non-hydrogen) atoms. The zero-order valence-electron chi connectivity index (χ0n) is 8.44. The minimum Gasteiger partial charge on any atom is -0.355 e. The average Bonchev–Trinajstić information content (AvgIpc) is 2.37. The first-order chi connectivity index (χ1) is 5.50. The lowest BCUT2D eigenvalue weighted by molar-refractivity contribution is 0.314. The van der Waals surface area contributed by atoms with Gasteiger partial charge < -0.3 is 10.6 Å². The largest absolute Gasteiger partial charge is 0.355 e. The smallest absolute Gasteiger partial charge is 0.191 e. The van der Waals surface area contributed by atoms with E-state index in [4.69, 9.17) is 0 Å². The zero-order chi connectivity index (χ0) is 9.19. The third-order valence-electron chi connectivity index (χ3n) is 2.33. The Kier molecular flexibility index (Phi) is 2.60. The number of hydrogen-bond donors (Lipinski definition) is 2. The Morgan fingerprint density at radius 1 is 1.50 bits per heavy atom. The monoisotopic (exact) mass is 169 g/mol. The Bertz CT molecular complexity index is 179. The molecule has 1 unspecified atom stereocenters. The van der Waals surface area contributed by atoms with Crippen molar-refractivity contribution in [3.63, 3.8) is 0 Å². The molecule has 0 spiro atoms. The van der Waals surface area contributed by atoms with Gasteiger partial charge in [0, 0.05) is 12.6 Å². The highest BCUT2D eigenvalue weighted by molar-refractivity contribution is 5.81. The molecule has 0 aliphatic carbocycles. The molecule has 0 fully saturated rings. The summed E-state index contributed by atoms with van der Waals surface area (Å²) in [7, 11) is 0. The van der Waals surface area contributed by atoms with Gasteiger partial charge in [0.1, 0.15) is 0 Å². The fourth-order valence-electron chi connectivity index (χ4n) is 0.916. The predicted molar refractivity (Wildman–Crippen MR) is 52.4 cm³/mol.